The van der Waals surface area contributed by atoms with Crippen molar-refractivity contribution in [1.82, 2.24) is 34.5 Å². The van der Waals surface area contributed by atoms with Crippen LogP contribution in [-0.4, -0.2) is 116 Å². The van der Waals surface area contributed by atoms with Crippen LogP contribution in [0.4, 0.5) is 9.59 Å². The van der Waals surface area contributed by atoms with Gasteiger partial charge in [0.1, 0.15) is 11.2 Å². The van der Waals surface area contributed by atoms with Gasteiger partial charge in [-0.15, -0.1) is 0 Å². The van der Waals surface area contributed by atoms with E-state index in [1.54, 1.807) is 86.3 Å². The van der Waals surface area contributed by atoms with Crippen LogP contribution in [-0.2, 0) is 29.5 Å². The third-order valence-electron chi connectivity index (χ3n) is 13.4. The van der Waals surface area contributed by atoms with Crippen molar-refractivity contribution in [1.29, 1.82) is 0 Å². The molecule has 3 saturated heterocycles. The van der Waals surface area contributed by atoms with Crippen molar-refractivity contribution in [3.05, 3.63) is 73.3 Å². The van der Waals surface area contributed by atoms with Gasteiger partial charge in [-0.1, -0.05) is 24.3 Å². The Labute approximate surface area is 376 Å². The summed E-state index contributed by atoms with van der Waals surface area (Å²) in [7, 11) is -7.19. The molecule has 6 aliphatic rings. The number of carbonyl (C=O) groups is 2. The lowest BCUT2D eigenvalue weighted by Gasteiger charge is -2.24. The van der Waals surface area contributed by atoms with Gasteiger partial charge in [0.15, 0.2) is 0 Å². The number of fused-ring (bicyclic) bond motifs is 2. The lowest BCUT2D eigenvalue weighted by molar-refractivity contribution is 0.0481. The van der Waals surface area contributed by atoms with Crippen LogP contribution in [0.2, 0.25) is 0 Å². The number of hydrogen-bond donors (Lipinski definition) is 4. The van der Waals surface area contributed by atoms with E-state index in [9.17, 15) is 26.4 Å². The molecule has 346 valence electrons. The first-order chi connectivity index (χ1) is 30.0. The average molecular weight is 919 g/mol. The third kappa shape index (κ3) is 9.72. The maximum absolute atomic E-state index is 13.4. The summed E-state index contributed by atoms with van der Waals surface area (Å²) in [6, 6.07) is 14.0. The Morgan fingerprint density at radius 2 is 1.12 bits per heavy atom. The lowest BCUT2D eigenvalue weighted by Crippen LogP contribution is -2.44. The number of aromatic nitrogens is 2. The van der Waals surface area contributed by atoms with Gasteiger partial charge in [0.05, 0.1) is 21.9 Å². The van der Waals surface area contributed by atoms with Crippen molar-refractivity contribution >= 4 is 53.8 Å². The number of nitrogens with two attached hydrogens (primary N) is 1. The second kappa shape index (κ2) is 16.8. The van der Waals surface area contributed by atoms with Gasteiger partial charge in [-0.05, 0) is 104 Å². The highest BCUT2D eigenvalue weighted by Crippen LogP contribution is 2.55. The first kappa shape index (κ1) is 46.1. The molecule has 4 aromatic rings. The fraction of sp³-hybridized carbons (Fsp3) is 0.565. The van der Waals surface area contributed by atoms with Crippen LogP contribution in [0.25, 0.3) is 21.5 Å². The van der Waals surface area contributed by atoms with Crippen LogP contribution in [0, 0.1) is 16.2 Å². The number of carbonyl (C=O) groups excluding carboxylic acids is 2. The molecule has 10 rings (SSSR count). The second-order valence-electron chi connectivity index (χ2n) is 20.5. The number of rotatable bonds is 6. The summed E-state index contributed by atoms with van der Waals surface area (Å²) in [4.78, 5) is 32.5. The van der Waals surface area contributed by atoms with Gasteiger partial charge in [-0.3, -0.25) is 9.97 Å². The van der Waals surface area contributed by atoms with Crippen LogP contribution in [0.5, 0.6) is 0 Å². The zero-order valence-corrected chi connectivity index (χ0v) is 39.2. The summed E-state index contributed by atoms with van der Waals surface area (Å²) in [6.07, 6.45) is 12.1. The second-order valence-corrected chi connectivity index (χ2v) is 24.3. The van der Waals surface area contributed by atoms with Crippen molar-refractivity contribution in [2.45, 2.75) is 119 Å². The van der Waals surface area contributed by atoms with Crippen LogP contribution in [0.15, 0.2) is 83.1 Å². The number of benzene rings is 2. The quantitative estimate of drug-likeness (QED) is 0.188. The molecule has 3 aliphatic heterocycles. The standard InChI is InChI=1S/C20H25N3O4S.C15H17N3O2S.C11H20N2O2/c1-19(2,3)27-18(24)22-17-12-23(13-20(17)8-9-20)28(25,26)16-6-4-5-14-11-21-10-7-15(14)16;16-14-9-18(10-15(14)5-6-15)21(19,20)13-3-1-2-11-8-17-7-4-12(11)13;1-10(2,3)15-9(14)13-8-6-12-7-11(8)4-5-11/h4-7,10-11,17H,8-9,12-13H2,1-3H3,(H,22,24);1-4,7-8,14H,5-6,9-10,16H2;8,12H,4-7H2,1-3H3,(H,13,14). The third-order valence-corrected chi connectivity index (χ3v) is 17.2. The largest absolute Gasteiger partial charge is 0.444 e. The number of nitrogens with one attached hydrogen (secondary N) is 3. The van der Waals surface area contributed by atoms with E-state index in [0.29, 0.717) is 35.3 Å². The van der Waals surface area contributed by atoms with E-state index < -0.39 is 37.3 Å². The maximum atomic E-state index is 13.4. The molecule has 5 N–H and O–H groups in total. The van der Waals surface area contributed by atoms with Crippen molar-refractivity contribution in [3.8, 4) is 0 Å². The number of ether oxygens (including phenoxy) is 2. The molecule has 3 saturated carbocycles. The Bertz CT molecular complexity index is 2630. The van der Waals surface area contributed by atoms with Gasteiger partial charge < -0.3 is 31.2 Å². The number of pyridine rings is 2. The molecule has 6 fully saturated rings. The minimum absolute atomic E-state index is 0.0380. The van der Waals surface area contributed by atoms with Gasteiger partial charge in [-0.25, -0.2) is 26.4 Å². The van der Waals surface area contributed by atoms with Crippen molar-refractivity contribution in [2.75, 3.05) is 39.3 Å². The Morgan fingerprint density at radius 3 is 1.58 bits per heavy atom. The normalized spacial score (nSPS) is 24.1. The van der Waals surface area contributed by atoms with E-state index in [1.807, 2.05) is 32.9 Å². The van der Waals surface area contributed by atoms with Crippen molar-refractivity contribution < 1.29 is 35.9 Å². The minimum atomic E-state index is -3.69. The summed E-state index contributed by atoms with van der Waals surface area (Å²) in [5.41, 5.74) is 5.33. The van der Waals surface area contributed by atoms with E-state index in [0.717, 1.165) is 54.9 Å². The number of amides is 2. The Balaban J connectivity index is 0.000000138. The number of sulfonamides is 2. The number of nitrogens with zero attached hydrogens (tertiary/aromatic N) is 4. The highest BCUT2D eigenvalue weighted by Gasteiger charge is 2.59. The summed E-state index contributed by atoms with van der Waals surface area (Å²) in [5, 5.41) is 12.2. The van der Waals surface area contributed by atoms with E-state index in [4.69, 9.17) is 15.2 Å². The molecule has 3 spiro atoms. The predicted molar refractivity (Wildman–Crippen MR) is 243 cm³/mol. The van der Waals surface area contributed by atoms with Crippen molar-refractivity contribution in [3.63, 3.8) is 0 Å². The van der Waals surface area contributed by atoms with Gasteiger partial charge in [0, 0.05) is 108 Å². The average Bonchev–Trinajstić information content (AvgIpc) is 4.17. The van der Waals surface area contributed by atoms with Gasteiger partial charge in [0.2, 0.25) is 20.0 Å². The first-order valence-electron chi connectivity index (χ1n) is 22.2. The molecule has 0 radical (unpaired) electrons. The summed E-state index contributed by atoms with van der Waals surface area (Å²) in [6.45, 7) is 14.6. The van der Waals surface area contributed by atoms with Crippen LogP contribution in [0.1, 0.15) is 80.1 Å². The molecule has 3 atom stereocenters. The number of alkyl carbamates (subject to hydrolysis) is 2. The van der Waals surface area contributed by atoms with Crippen molar-refractivity contribution in [2.24, 2.45) is 22.0 Å². The molecule has 5 heterocycles. The molecule has 2 aromatic heterocycles. The van der Waals surface area contributed by atoms with Crippen LogP contribution < -0.4 is 21.7 Å². The SMILES string of the molecule is CC(C)(C)OC(=O)NC1CN(S(=O)(=O)c2cccc3cnccc23)CC12CC2.CC(C)(C)OC(=O)NC1CNCC12CC2.NC1CN(S(=O)(=O)c2cccc3cnccc23)CC12CC2. The van der Waals surface area contributed by atoms with Gasteiger partial charge in [0.25, 0.3) is 0 Å². The monoisotopic (exact) mass is 918 g/mol. The topological polar surface area (TPSA) is 215 Å². The Kier molecular flexibility index (Phi) is 12.1. The molecule has 3 aliphatic carbocycles. The Hall–Kier alpha value is -4.46. The summed E-state index contributed by atoms with van der Waals surface area (Å²) in [5.74, 6) is 0. The molecule has 16 nitrogen and oxygen atoms in total. The smallest absolute Gasteiger partial charge is 0.407 e. The molecule has 64 heavy (non-hydrogen) atoms. The molecule has 0 bridgehead atoms. The summed E-state index contributed by atoms with van der Waals surface area (Å²) < 4.78 is 66.3. The zero-order valence-electron chi connectivity index (χ0n) is 37.6. The van der Waals surface area contributed by atoms with Crippen LogP contribution in [0.3, 0.4) is 0 Å². The minimum Gasteiger partial charge on any atom is -0.444 e. The van der Waals surface area contributed by atoms with Gasteiger partial charge in [-0.2, -0.15) is 8.61 Å². The van der Waals surface area contributed by atoms with E-state index >= 15 is 0 Å². The number of hydrogen-bond acceptors (Lipinski definition) is 12. The molecule has 2 amide bonds. The van der Waals surface area contributed by atoms with E-state index in [-0.39, 0.29) is 46.5 Å². The fourth-order valence-corrected chi connectivity index (χ4v) is 12.8. The molecule has 3 unspecified atom stereocenters. The predicted octanol–water partition coefficient (Wildman–Crippen LogP) is 5.52. The highest BCUT2D eigenvalue weighted by atomic mass is 32.2. The lowest BCUT2D eigenvalue weighted by atomic mass is 10.0. The molecular weight excluding hydrogens is 857 g/mol. The van der Waals surface area contributed by atoms with Gasteiger partial charge >= 0.3 is 12.2 Å². The fourth-order valence-electron chi connectivity index (χ4n) is 9.30. The van der Waals surface area contributed by atoms with E-state index in [1.165, 1.54) is 17.1 Å². The molecule has 18 heteroatoms. The van der Waals surface area contributed by atoms with E-state index in [2.05, 4.69) is 25.9 Å². The zero-order chi connectivity index (χ0) is 45.9. The molecular formula is C46H62N8O8S2. The summed E-state index contributed by atoms with van der Waals surface area (Å²) >= 11 is 0. The molecule has 2 aromatic carbocycles. The highest BCUT2D eigenvalue weighted by molar-refractivity contribution is 7.89. The first-order valence-corrected chi connectivity index (χ1v) is 25.0. The van der Waals surface area contributed by atoms with Crippen LogP contribution >= 0.6 is 0 Å². The maximum Gasteiger partial charge on any atom is 0.407 e. The Morgan fingerprint density at radius 1 is 0.672 bits per heavy atom.